The van der Waals surface area contributed by atoms with Gasteiger partial charge in [-0.25, -0.2) is 0 Å². The fourth-order valence-corrected chi connectivity index (χ4v) is 3.06. The first-order valence-electron chi connectivity index (χ1n) is 7.41. The van der Waals surface area contributed by atoms with Crippen LogP contribution in [0.2, 0.25) is 0 Å². The van der Waals surface area contributed by atoms with Gasteiger partial charge in [0.1, 0.15) is 11.6 Å². The van der Waals surface area contributed by atoms with Crippen LogP contribution >= 0.6 is 0 Å². The van der Waals surface area contributed by atoms with Crippen LogP contribution in [-0.2, 0) is 6.54 Å². The van der Waals surface area contributed by atoms with Gasteiger partial charge in [-0.2, -0.15) is 0 Å². The van der Waals surface area contributed by atoms with Crippen molar-refractivity contribution < 1.29 is 4.74 Å². The third-order valence-electron chi connectivity index (χ3n) is 4.21. The average Bonchev–Trinajstić information content (AvgIpc) is 2.98. The molecular formula is C16H25N3O. The highest BCUT2D eigenvalue weighted by Gasteiger charge is 2.22. The highest BCUT2D eigenvalue weighted by molar-refractivity contribution is 5.95. The second kappa shape index (κ2) is 6.75. The van der Waals surface area contributed by atoms with Crippen LogP contribution < -0.4 is 10.5 Å². The van der Waals surface area contributed by atoms with Crippen LogP contribution in [0, 0.1) is 5.41 Å². The molecule has 1 fully saturated rings. The molecule has 0 unspecified atom stereocenters. The van der Waals surface area contributed by atoms with Crippen LogP contribution in [0.3, 0.4) is 0 Å². The average molecular weight is 275 g/mol. The molecule has 1 aliphatic carbocycles. The minimum absolute atomic E-state index is 0.109. The van der Waals surface area contributed by atoms with E-state index in [0.717, 1.165) is 30.0 Å². The maximum Gasteiger partial charge on any atom is 0.123 e. The number of nitrogens with one attached hydrogen (secondary N) is 1. The number of methoxy groups -OCH3 is 1. The number of amidine groups is 1. The maximum atomic E-state index is 7.58. The second-order valence-electron chi connectivity index (χ2n) is 5.44. The zero-order valence-corrected chi connectivity index (χ0v) is 12.5. The topological polar surface area (TPSA) is 62.3 Å². The Morgan fingerprint density at radius 3 is 2.65 bits per heavy atom. The Bertz CT molecular complexity index is 467. The first-order valence-corrected chi connectivity index (χ1v) is 7.41. The van der Waals surface area contributed by atoms with E-state index >= 15 is 0 Å². The number of hydrogen-bond donors (Lipinski definition) is 2. The molecule has 0 bridgehead atoms. The normalized spacial score (nSPS) is 15.8. The predicted molar refractivity (Wildman–Crippen MR) is 82.4 cm³/mol. The lowest BCUT2D eigenvalue weighted by atomic mass is 10.1. The zero-order valence-electron chi connectivity index (χ0n) is 12.5. The van der Waals surface area contributed by atoms with Gasteiger partial charge in [0.2, 0.25) is 0 Å². The van der Waals surface area contributed by atoms with Gasteiger partial charge in [-0.1, -0.05) is 19.8 Å². The quantitative estimate of drug-likeness (QED) is 0.620. The lowest BCUT2D eigenvalue weighted by molar-refractivity contribution is 0.198. The summed E-state index contributed by atoms with van der Waals surface area (Å²) in [5.74, 6) is 0.990. The third-order valence-corrected chi connectivity index (χ3v) is 4.21. The molecule has 0 atom stereocenters. The van der Waals surface area contributed by atoms with Crippen LogP contribution in [0.15, 0.2) is 18.2 Å². The molecular weight excluding hydrogens is 250 g/mol. The summed E-state index contributed by atoms with van der Waals surface area (Å²) in [5, 5.41) is 7.58. The van der Waals surface area contributed by atoms with E-state index < -0.39 is 0 Å². The number of hydrogen-bond acceptors (Lipinski definition) is 3. The lowest BCUT2D eigenvalue weighted by Gasteiger charge is -2.28. The minimum Gasteiger partial charge on any atom is -0.496 e. The first-order chi connectivity index (χ1) is 9.65. The van der Waals surface area contributed by atoms with Crippen molar-refractivity contribution in [1.82, 2.24) is 4.90 Å². The molecule has 0 spiro atoms. The molecule has 4 heteroatoms. The number of ether oxygens (including phenoxy) is 1. The van der Waals surface area contributed by atoms with Gasteiger partial charge in [-0.3, -0.25) is 10.3 Å². The van der Waals surface area contributed by atoms with Crippen molar-refractivity contribution in [2.75, 3.05) is 13.7 Å². The Balaban J connectivity index is 2.20. The van der Waals surface area contributed by atoms with Crippen LogP contribution in [-0.4, -0.2) is 30.4 Å². The van der Waals surface area contributed by atoms with Crippen molar-refractivity contribution >= 4 is 5.84 Å². The second-order valence-corrected chi connectivity index (χ2v) is 5.44. The molecule has 20 heavy (non-hydrogen) atoms. The molecule has 0 saturated heterocycles. The number of rotatable bonds is 6. The zero-order chi connectivity index (χ0) is 14.5. The molecule has 1 aliphatic rings. The van der Waals surface area contributed by atoms with Gasteiger partial charge < -0.3 is 10.5 Å². The van der Waals surface area contributed by atoms with Crippen molar-refractivity contribution in [3.05, 3.63) is 29.3 Å². The van der Waals surface area contributed by atoms with E-state index in [1.54, 1.807) is 7.11 Å². The molecule has 1 saturated carbocycles. The fourth-order valence-electron chi connectivity index (χ4n) is 3.06. The van der Waals surface area contributed by atoms with E-state index in [1.165, 1.54) is 25.7 Å². The van der Waals surface area contributed by atoms with E-state index in [0.29, 0.717) is 6.04 Å². The number of nitrogen functional groups attached to an aromatic ring is 1. The van der Waals surface area contributed by atoms with Gasteiger partial charge in [0.25, 0.3) is 0 Å². The molecule has 0 aromatic heterocycles. The summed E-state index contributed by atoms with van der Waals surface area (Å²) >= 11 is 0. The summed E-state index contributed by atoms with van der Waals surface area (Å²) in [6, 6.07) is 6.43. The van der Waals surface area contributed by atoms with E-state index in [9.17, 15) is 0 Å². The van der Waals surface area contributed by atoms with E-state index in [4.69, 9.17) is 15.9 Å². The van der Waals surface area contributed by atoms with Gasteiger partial charge in [0.15, 0.2) is 0 Å². The lowest BCUT2D eigenvalue weighted by Crippen LogP contribution is -2.32. The fraction of sp³-hybridized carbons (Fsp3) is 0.562. The number of nitrogens with two attached hydrogens (primary N) is 1. The third kappa shape index (κ3) is 3.31. The van der Waals surface area contributed by atoms with Crippen LogP contribution in [0.5, 0.6) is 5.75 Å². The smallest absolute Gasteiger partial charge is 0.123 e. The molecule has 110 valence electrons. The van der Waals surface area contributed by atoms with Gasteiger partial charge >= 0.3 is 0 Å². The summed E-state index contributed by atoms with van der Waals surface area (Å²) in [6.07, 6.45) is 5.27. The Labute approximate surface area is 121 Å². The largest absolute Gasteiger partial charge is 0.496 e. The van der Waals surface area contributed by atoms with Gasteiger partial charge in [-0.15, -0.1) is 0 Å². The van der Waals surface area contributed by atoms with Crippen LogP contribution in [0.25, 0.3) is 0 Å². The first kappa shape index (κ1) is 14.9. The summed E-state index contributed by atoms with van der Waals surface area (Å²) in [5.41, 5.74) is 7.47. The maximum absolute atomic E-state index is 7.58. The Kier molecular flexibility index (Phi) is 5.01. The van der Waals surface area contributed by atoms with E-state index in [2.05, 4.69) is 11.8 Å². The van der Waals surface area contributed by atoms with Crippen molar-refractivity contribution in [2.45, 2.75) is 45.2 Å². The van der Waals surface area contributed by atoms with Crippen molar-refractivity contribution in [3.63, 3.8) is 0 Å². The van der Waals surface area contributed by atoms with E-state index in [-0.39, 0.29) is 5.84 Å². The van der Waals surface area contributed by atoms with Crippen LogP contribution in [0.4, 0.5) is 0 Å². The molecule has 4 nitrogen and oxygen atoms in total. The molecule has 0 amide bonds. The number of nitrogens with zero attached hydrogens (tertiary/aromatic N) is 1. The molecule has 0 radical (unpaired) electrons. The summed E-state index contributed by atoms with van der Waals surface area (Å²) in [7, 11) is 1.69. The predicted octanol–water partition coefficient (Wildman–Crippen LogP) is 2.74. The van der Waals surface area contributed by atoms with Gasteiger partial charge in [0, 0.05) is 23.7 Å². The summed E-state index contributed by atoms with van der Waals surface area (Å²) in [6.45, 7) is 4.11. The Hall–Kier alpha value is -1.55. The Morgan fingerprint density at radius 1 is 1.40 bits per heavy atom. The van der Waals surface area contributed by atoms with E-state index in [1.807, 2.05) is 18.2 Å². The monoisotopic (exact) mass is 275 g/mol. The SMILES string of the molecule is CCN(Cc1cc(C(=N)N)ccc1OC)C1CCCC1. The molecule has 0 heterocycles. The minimum atomic E-state index is 0.109. The van der Waals surface area contributed by atoms with Crippen molar-refractivity contribution in [3.8, 4) is 5.75 Å². The standard InChI is InChI=1S/C16H25N3O/c1-3-19(14-6-4-5-7-14)11-13-10-12(16(17)18)8-9-15(13)20-2/h8-10,14H,3-7,11H2,1-2H3,(H3,17,18). The summed E-state index contributed by atoms with van der Waals surface area (Å²) < 4.78 is 5.45. The highest BCUT2D eigenvalue weighted by Crippen LogP contribution is 2.27. The van der Waals surface area contributed by atoms with Crippen molar-refractivity contribution in [1.29, 1.82) is 5.41 Å². The highest BCUT2D eigenvalue weighted by atomic mass is 16.5. The number of benzene rings is 1. The molecule has 0 aliphatic heterocycles. The van der Waals surface area contributed by atoms with Crippen LogP contribution in [0.1, 0.15) is 43.7 Å². The molecule has 2 rings (SSSR count). The molecule has 3 N–H and O–H groups in total. The van der Waals surface area contributed by atoms with Crippen molar-refractivity contribution in [2.24, 2.45) is 5.73 Å². The molecule has 1 aromatic carbocycles. The van der Waals surface area contributed by atoms with Gasteiger partial charge in [-0.05, 0) is 37.6 Å². The Morgan fingerprint density at radius 2 is 2.10 bits per heavy atom. The molecule has 1 aromatic rings. The summed E-state index contributed by atoms with van der Waals surface area (Å²) in [4.78, 5) is 2.51. The van der Waals surface area contributed by atoms with Gasteiger partial charge in [0.05, 0.1) is 7.11 Å².